The molecule has 6 heteroatoms. The zero-order chi connectivity index (χ0) is 9.61. The standard InChI is InChI=1S/C6H16N2O2S2/c1-6(5-7)12(9,10)8-3-4-11-2/h6,8H,3-5,7H2,1-2H3. The largest absolute Gasteiger partial charge is 0.329 e. The Morgan fingerprint density at radius 3 is 2.58 bits per heavy atom. The zero-order valence-electron chi connectivity index (χ0n) is 7.41. The van der Waals surface area contributed by atoms with Gasteiger partial charge in [-0.05, 0) is 13.2 Å². The van der Waals surface area contributed by atoms with Gasteiger partial charge in [-0.3, -0.25) is 0 Å². The summed E-state index contributed by atoms with van der Waals surface area (Å²) in [5.41, 5.74) is 5.24. The van der Waals surface area contributed by atoms with Gasteiger partial charge in [-0.1, -0.05) is 0 Å². The molecule has 0 aromatic carbocycles. The van der Waals surface area contributed by atoms with Crippen LogP contribution >= 0.6 is 11.8 Å². The molecule has 0 spiro atoms. The van der Waals surface area contributed by atoms with E-state index in [-0.39, 0.29) is 6.54 Å². The SMILES string of the molecule is CSCCNS(=O)(=O)C(C)CN. The molecule has 74 valence electrons. The lowest BCUT2D eigenvalue weighted by molar-refractivity contribution is 0.571. The molecule has 3 N–H and O–H groups in total. The first-order valence-corrected chi connectivity index (χ1v) is 6.66. The van der Waals surface area contributed by atoms with Crippen molar-refractivity contribution in [2.75, 3.05) is 25.1 Å². The Bertz CT molecular complexity index is 204. The number of nitrogens with one attached hydrogen (secondary N) is 1. The van der Waals surface area contributed by atoms with Crippen LogP contribution in [0.3, 0.4) is 0 Å². The zero-order valence-corrected chi connectivity index (χ0v) is 9.04. The van der Waals surface area contributed by atoms with Crippen molar-refractivity contribution in [3.63, 3.8) is 0 Å². The predicted molar refractivity (Wildman–Crippen MR) is 53.8 cm³/mol. The van der Waals surface area contributed by atoms with E-state index in [0.29, 0.717) is 6.54 Å². The van der Waals surface area contributed by atoms with Gasteiger partial charge < -0.3 is 5.73 Å². The van der Waals surface area contributed by atoms with E-state index >= 15 is 0 Å². The Kier molecular flexibility index (Phi) is 5.90. The van der Waals surface area contributed by atoms with Crippen LogP contribution in [-0.4, -0.2) is 38.8 Å². The molecule has 0 saturated carbocycles. The van der Waals surface area contributed by atoms with E-state index in [1.165, 1.54) is 0 Å². The number of nitrogens with two attached hydrogens (primary N) is 1. The smallest absolute Gasteiger partial charge is 0.215 e. The van der Waals surface area contributed by atoms with Gasteiger partial charge in [-0.15, -0.1) is 0 Å². The lowest BCUT2D eigenvalue weighted by Gasteiger charge is -2.10. The summed E-state index contributed by atoms with van der Waals surface area (Å²) in [4.78, 5) is 0. The highest BCUT2D eigenvalue weighted by Crippen LogP contribution is 1.96. The van der Waals surface area contributed by atoms with Crippen LogP contribution in [-0.2, 0) is 10.0 Å². The molecule has 4 nitrogen and oxygen atoms in total. The van der Waals surface area contributed by atoms with Crippen LogP contribution in [0, 0.1) is 0 Å². The van der Waals surface area contributed by atoms with E-state index in [0.717, 1.165) is 5.75 Å². The molecule has 0 aromatic rings. The minimum absolute atomic E-state index is 0.161. The summed E-state index contributed by atoms with van der Waals surface area (Å²) in [6.45, 7) is 2.24. The molecule has 12 heavy (non-hydrogen) atoms. The van der Waals surface area contributed by atoms with Crippen molar-refractivity contribution < 1.29 is 8.42 Å². The highest BCUT2D eigenvalue weighted by Gasteiger charge is 2.17. The fourth-order valence-electron chi connectivity index (χ4n) is 0.555. The van der Waals surface area contributed by atoms with Gasteiger partial charge in [0.1, 0.15) is 0 Å². The average Bonchev–Trinajstić information content (AvgIpc) is 2.03. The lowest BCUT2D eigenvalue weighted by Crippen LogP contribution is -2.37. The molecule has 0 aliphatic carbocycles. The summed E-state index contributed by atoms with van der Waals surface area (Å²) in [6, 6.07) is 0. The molecule has 0 amide bonds. The second-order valence-corrected chi connectivity index (χ2v) is 5.65. The van der Waals surface area contributed by atoms with E-state index in [4.69, 9.17) is 5.73 Å². The second-order valence-electron chi connectivity index (χ2n) is 2.48. The van der Waals surface area contributed by atoms with Gasteiger partial charge in [-0.2, -0.15) is 11.8 Å². The third kappa shape index (κ3) is 4.30. The maximum atomic E-state index is 11.2. The van der Waals surface area contributed by atoms with Crippen LogP contribution in [0.5, 0.6) is 0 Å². The highest BCUT2D eigenvalue weighted by atomic mass is 32.2. The Morgan fingerprint density at radius 1 is 1.58 bits per heavy atom. The van der Waals surface area contributed by atoms with E-state index in [1.807, 2.05) is 6.26 Å². The van der Waals surface area contributed by atoms with Gasteiger partial charge in [0, 0.05) is 18.8 Å². The summed E-state index contributed by atoms with van der Waals surface area (Å²) in [5.74, 6) is 0.788. The van der Waals surface area contributed by atoms with Crippen molar-refractivity contribution in [2.24, 2.45) is 5.73 Å². The van der Waals surface area contributed by atoms with Crippen molar-refractivity contribution >= 4 is 21.8 Å². The summed E-state index contributed by atoms with van der Waals surface area (Å²) < 4.78 is 25.0. The van der Waals surface area contributed by atoms with Crippen molar-refractivity contribution in [3.05, 3.63) is 0 Å². The van der Waals surface area contributed by atoms with E-state index in [9.17, 15) is 8.42 Å². The van der Waals surface area contributed by atoms with Crippen LogP contribution in [0.2, 0.25) is 0 Å². The van der Waals surface area contributed by atoms with E-state index in [1.54, 1.807) is 18.7 Å². The average molecular weight is 212 g/mol. The molecule has 0 aromatic heterocycles. The van der Waals surface area contributed by atoms with Gasteiger partial charge in [-0.25, -0.2) is 13.1 Å². The van der Waals surface area contributed by atoms with Crippen molar-refractivity contribution in [3.8, 4) is 0 Å². The lowest BCUT2D eigenvalue weighted by atomic mass is 10.5. The molecule has 0 aliphatic rings. The molecule has 0 aliphatic heterocycles. The van der Waals surface area contributed by atoms with Gasteiger partial charge in [0.05, 0.1) is 5.25 Å². The molecule has 0 bridgehead atoms. The molecule has 0 fully saturated rings. The maximum Gasteiger partial charge on any atom is 0.215 e. The van der Waals surface area contributed by atoms with Crippen molar-refractivity contribution in [1.82, 2.24) is 4.72 Å². The summed E-state index contributed by atoms with van der Waals surface area (Å²) >= 11 is 1.60. The number of thioether (sulfide) groups is 1. The fourth-order valence-corrected chi connectivity index (χ4v) is 1.91. The Morgan fingerprint density at radius 2 is 2.17 bits per heavy atom. The van der Waals surface area contributed by atoms with Gasteiger partial charge in [0.15, 0.2) is 0 Å². The second kappa shape index (κ2) is 5.80. The number of hydrogen-bond acceptors (Lipinski definition) is 4. The molecule has 0 rings (SSSR count). The van der Waals surface area contributed by atoms with Crippen LogP contribution in [0.4, 0.5) is 0 Å². The first-order chi connectivity index (χ1) is 5.54. The molecule has 1 unspecified atom stereocenters. The molecule has 0 radical (unpaired) electrons. The van der Waals surface area contributed by atoms with Crippen molar-refractivity contribution in [2.45, 2.75) is 12.2 Å². The van der Waals surface area contributed by atoms with Gasteiger partial charge in [0.2, 0.25) is 10.0 Å². The van der Waals surface area contributed by atoms with Gasteiger partial charge >= 0.3 is 0 Å². The van der Waals surface area contributed by atoms with E-state index in [2.05, 4.69) is 4.72 Å². The minimum atomic E-state index is -3.17. The first kappa shape index (κ1) is 12.2. The number of rotatable bonds is 6. The maximum absolute atomic E-state index is 11.2. The molecule has 0 heterocycles. The Labute approximate surface area is 78.3 Å². The minimum Gasteiger partial charge on any atom is -0.329 e. The highest BCUT2D eigenvalue weighted by molar-refractivity contribution is 7.98. The third-order valence-corrected chi connectivity index (χ3v) is 3.94. The van der Waals surface area contributed by atoms with Crippen LogP contribution < -0.4 is 10.5 Å². The Hall–Kier alpha value is 0.220. The van der Waals surface area contributed by atoms with Crippen LogP contribution in [0.1, 0.15) is 6.92 Å². The fraction of sp³-hybridized carbons (Fsp3) is 1.00. The number of hydrogen-bond donors (Lipinski definition) is 2. The normalized spacial score (nSPS) is 14.6. The third-order valence-electron chi connectivity index (χ3n) is 1.47. The topological polar surface area (TPSA) is 72.2 Å². The summed E-state index contributed by atoms with van der Waals surface area (Å²) in [6.07, 6.45) is 1.93. The van der Waals surface area contributed by atoms with Crippen LogP contribution in [0.25, 0.3) is 0 Å². The molecule has 0 saturated heterocycles. The van der Waals surface area contributed by atoms with Crippen LogP contribution in [0.15, 0.2) is 0 Å². The summed E-state index contributed by atoms with van der Waals surface area (Å²) in [7, 11) is -3.17. The molecular formula is C6H16N2O2S2. The van der Waals surface area contributed by atoms with Crippen molar-refractivity contribution in [1.29, 1.82) is 0 Å². The monoisotopic (exact) mass is 212 g/mol. The van der Waals surface area contributed by atoms with E-state index < -0.39 is 15.3 Å². The summed E-state index contributed by atoms with van der Waals surface area (Å²) in [5, 5.41) is -0.501. The quantitative estimate of drug-likeness (QED) is 0.589. The predicted octanol–water partition coefficient (Wildman–Crippen LogP) is -0.384. The first-order valence-electron chi connectivity index (χ1n) is 3.72. The molecule has 1 atom stereocenters. The number of sulfonamides is 1. The van der Waals surface area contributed by atoms with Gasteiger partial charge in [0.25, 0.3) is 0 Å². The Balaban J connectivity index is 3.88. The molecular weight excluding hydrogens is 196 g/mol.